The van der Waals surface area contributed by atoms with Gasteiger partial charge in [-0.1, -0.05) is 28.9 Å². The van der Waals surface area contributed by atoms with Crippen LogP contribution in [0.25, 0.3) is 0 Å². The monoisotopic (exact) mass is 326 g/mol. The van der Waals surface area contributed by atoms with Crippen LogP contribution in [0.2, 0.25) is 0 Å². The highest BCUT2D eigenvalue weighted by molar-refractivity contribution is 9.10. The van der Waals surface area contributed by atoms with Gasteiger partial charge in [-0.2, -0.15) is 0 Å². The van der Waals surface area contributed by atoms with Crippen LogP contribution >= 0.6 is 15.9 Å². The van der Waals surface area contributed by atoms with Crippen molar-refractivity contribution in [2.24, 2.45) is 5.73 Å². The van der Waals surface area contributed by atoms with Crippen molar-refractivity contribution in [1.82, 2.24) is 0 Å². The molecule has 1 aliphatic heterocycles. The molecule has 1 aromatic carbocycles. The first-order valence-electron chi connectivity index (χ1n) is 6.89. The van der Waals surface area contributed by atoms with E-state index in [0.29, 0.717) is 6.54 Å². The predicted molar refractivity (Wildman–Crippen MR) is 83.4 cm³/mol. The number of nitrogens with two attached hydrogens (primary N) is 1. The van der Waals surface area contributed by atoms with E-state index in [1.54, 1.807) is 0 Å². The van der Waals surface area contributed by atoms with E-state index < -0.39 is 0 Å². The lowest BCUT2D eigenvalue weighted by Gasteiger charge is -2.46. The molecule has 0 bridgehead atoms. The lowest BCUT2D eigenvalue weighted by molar-refractivity contribution is -0.0882. The fourth-order valence-electron chi connectivity index (χ4n) is 2.78. The second-order valence-corrected chi connectivity index (χ2v) is 6.61. The highest BCUT2D eigenvalue weighted by Gasteiger charge is 2.41. The van der Waals surface area contributed by atoms with Crippen LogP contribution in [-0.4, -0.2) is 24.3 Å². The Hall–Kier alpha value is -0.580. The molecule has 1 saturated heterocycles. The minimum absolute atomic E-state index is 0.0657. The van der Waals surface area contributed by atoms with E-state index in [4.69, 9.17) is 10.5 Å². The Morgan fingerprint density at radius 2 is 2.26 bits per heavy atom. The van der Waals surface area contributed by atoms with Gasteiger partial charge in [0.05, 0.1) is 11.1 Å². The van der Waals surface area contributed by atoms with Gasteiger partial charge in [-0.3, -0.25) is 0 Å². The fourth-order valence-corrected chi connectivity index (χ4v) is 3.18. The standard InChI is InChI=1S/C15H23BrN2O/c1-3-14(2)10-15(11-17,7-8-19-14)18-13-6-4-5-12(16)9-13/h4-6,9,18H,3,7-8,10-11,17H2,1-2H3. The van der Waals surface area contributed by atoms with Crippen molar-refractivity contribution in [3.63, 3.8) is 0 Å². The maximum Gasteiger partial charge on any atom is 0.0674 e. The fraction of sp³-hybridized carbons (Fsp3) is 0.600. The van der Waals surface area contributed by atoms with Gasteiger partial charge in [0.1, 0.15) is 0 Å². The van der Waals surface area contributed by atoms with Crippen molar-refractivity contribution in [1.29, 1.82) is 0 Å². The van der Waals surface area contributed by atoms with E-state index in [9.17, 15) is 0 Å². The zero-order chi connectivity index (χ0) is 13.9. The molecule has 4 heteroatoms. The number of hydrogen-bond acceptors (Lipinski definition) is 3. The molecule has 0 saturated carbocycles. The van der Waals surface area contributed by atoms with Crippen molar-refractivity contribution >= 4 is 21.6 Å². The zero-order valence-corrected chi connectivity index (χ0v) is 13.3. The molecule has 3 N–H and O–H groups in total. The number of benzene rings is 1. The van der Waals surface area contributed by atoms with Gasteiger partial charge in [0.15, 0.2) is 0 Å². The van der Waals surface area contributed by atoms with Gasteiger partial charge in [-0.25, -0.2) is 0 Å². The SMILES string of the molecule is CCC1(C)CC(CN)(Nc2cccc(Br)c2)CCO1. The summed E-state index contributed by atoms with van der Waals surface area (Å²) in [5, 5.41) is 3.64. The lowest BCUT2D eigenvalue weighted by atomic mass is 9.79. The Bertz CT molecular complexity index is 440. The molecular formula is C15H23BrN2O. The second kappa shape index (κ2) is 5.81. The highest BCUT2D eigenvalue weighted by Crippen LogP contribution is 2.36. The molecule has 2 unspecified atom stereocenters. The average Bonchev–Trinajstić information content (AvgIpc) is 2.39. The van der Waals surface area contributed by atoms with Crippen LogP contribution in [0.1, 0.15) is 33.1 Å². The summed E-state index contributed by atoms with van der Waals surface area (Å²) in [5.74, 6) is 0. The van der Waals surface area contributed by atoms with Gasteiger partial charge in [0.25, 0.3) is 0 Å². The number of hydrogen-bond donors (Lipinski definition) is 2. The first kappa shape index (κ1) is 14.8. The lowest BCUT2D eigenvalue weighted by Crippen LogP contribution is -2.55. The van der Waals surface area contributed by atoms with E-state index in [2.05, 4.69) is 47.2 Å². The van der Waals surface area contributed by atoms with Crippen molar-refractivity contribution in [2.45, 2.75) is 44.2 Å². The molecular weight excluding hydrogens is 304 g/mol. The molecule has 0 aromatic heterocycles. The van der Waals surface area contributed by atoms with Gasteiger partial charge in [-0.15, -0.1) is 0 Å². The Labute approximate surface area is 124 Å². The van der Waals surface area contributed by atoms with Gasteiger partial charge in [0, 0.05) is 29.7 Å². The predicted octanol–water partition coefficient (Wildman–Crippen LogP) is 3.54. The minimum Gasteiger partial charge on any atom is -0.378 e. The third-order valence-electron chi connectivity index (χ3n) is 4.12. The molecule has 0 spiro atoms. The molecule has 1 fully saturated rings. The molecule has 0 amide bonds. The topological polar surface area (TPSA) is 47.3 Å². The maximum atomic E-state index is 6.07. The van der Waals surface area contributed by atoms with Crippen LogP contribution < -0.4 is 11.1 Å². The average molecular weight is 327 g/mol. The van der Waals surface area contributed by atoms with Crippen molar-refractivity contribution in [3.8, 4) is 0 Å². The Kier molecular flexibility index (Phi) is 4.54. The first-order valence-corrected chi connectivity index (χ1v) is 7.68. The first-order chi connectivity index (χ1) is 9.01. The number of halogens is 1. The van der Waals surface area contributed by atoms with Crippen LogP contribution in [0.15, 0.2) is 28.7 Å². The summed E-state index contributed by atoms with van der Waals surface area (Å²) in [6, 6.07) is 8.24. The second-order valence-electron chi connectivity index (χ2n) is 5.70. The molecule has 19 heavy (non-hydrogen) atoms. The van der Waals surface area contributed by atoms with Crippen molar-refractivity contribution < 1.29 is 4.74 Å². The molecule has 1 heterocycles. The largest absolute Gasteiger partial charge is 0.378 e. The van der Waals surface area contributed by atoms with Gasteiger partial charge in [0.2, 0.25) is 0 Å². The van der Waals surface area contributed by atoms with E-state index in [1.807, 2.05) is 12.1 Å². The number of ether oxygens (including phenoxy) is 1. The summed E-state index contributed by atoms with van der Waals surface area (Å²) >= 11 is 3.51. The quantitative estimate of drug-likeness (QED) is 0.889. The number of nitrogens with one attached hydrogen (secondary N) is 1. The molecule has 1 aromatic rings. The van der Waals surface area contributed by atoms with E-state index in [0.717, 1.165) is 36.0 Å². The summed E-state index contributed by atoms with van der Waals surface area (Å²) in [7, 11) is 0. The summed E-state index contributed by atoms with van der Waals surface area (Å²) in [5.41, 5.74) is 7.04. The molecule has 0 radical (unpaired) electrons. The molecule has 106 valence electrons. The van der Waals surface area contributed by atoms with Crippen LogP contribution in [-0.2, 0) is 4.74 Å². The van der Waals surface area contributed by atoms with E-state index >= 15 is 0 Å². The van der Waals surface area contributed by atoms with Crippen molar-refractivity contribution in [3.05, 3.63) is 28.7 Å². The normalized spacial score (nSPS) is 31.2. The Morgan fingerprint density at radius 3 is 2.89 bits per heavy atom. The Balaban J connectivity index is 2.18. The molecule has 2 rings (SSSR count). The molecule has 0 aliphatic carbocycles. The van der Waals surface area contributed by atoms with Crippen LogP contribution in [0.5, 0.6) is 0 Å². The minimum atomic E-state index is -0.0728. The number of rotatable bonds is 4. The molecule has 2 atom stereocenters. The zero-order valence-electron chi connectivity index (χ0n) is 11.7. The summed E-state index contributed by atoms with van der Waals surface area (Å²) in [6.45, 7) is 5.74. The van der Waals surface area contributed by atoms with Gasteiger partial charge in [-0.05, 0) is 38.0 Å². The van der Waals surface area contributed by atoms with Gasteiger partial charge < -0.3 is 15.8 Å². The maximum absolute atomic E-state index is 6.07. The van der Waals surface area contributed by atoms with Gasteiger partial charge >= 0.3 is 0 Å². The van der Waals surface area contributed by atoms with Crippen LogP contribution in [0.4, 0.5) is 5.69 Å². The number of anilines is 1. The third kappa shape index (κ3) is 3.50. The Morgan fingerprint density at radius 1 is 1.47 bits per heavy atom. The highest BCUT2D eigenvalue weighted by atomic mass is 79.9. The van der Waals surface area contributed by atoms with E-state index in [1.165, 1.54) is 0 Å². The van der Waals surface area contributed by atoms with Crippen LogP contribution in [0, 0.1) is 0 Å². The van der Waals surface area contributed by atoms with E-state index in [-0.39, 0.29) is 11.1 Å². The molecule has 1 aliphatic rings. The smallest absolute Gasteiger partial charge is 0.0674 e. The van der Waals surface area contributed by atoms with Crippen molar-refractivity contribution in [2.75, 3.05) is 18.5 Å². The third-order valence-corrected chi connectivity index (χ3v) is 4.61. The summed E-state index contributed by atoms with van der Waals surface area (Å²) in [4.78, 5) is 0. The van der Waals surface area contributed by atoms with Crippen LogP contribution in [0.3, 0.4) is 0 Å². The molecule has 3 nitrogen and oxygen atoms in total. The summed E-state index contributed by atoms with van der Waals surface area (Å²) < 4.78 is 7.01. The summed E-state index contributed by atoms with van der Waals surface area (Å²) in [6.07, 6.45) is 2.90.